The molecule has 138 valence electrons. The number of anilines is 2. The number of halogens is 4. The SMILES string of the molecule is Cc1c(Nc2ccc3nnc(C(F)(F)F)n3n2)cnn1-c1ccccc1F. The molecule has 0 saturated carbocycles. The second-order valence-electron chi connectivity index (χ2n) is 5.64. The lowest BCUT2D eigenvalue weighted by molar-refractivity contribution is -0.146. The van der Waals surface area contributed by atoms with E-state index in [9.17, 15) is 17.6 Å². The highest BCUT2D eigenvalue weighted by atomic mass is 19.4. The molecule has 0 spiro atoms. The summed E-state index contributed by atoms with van der Waals surface area (Å²) in [6, 6.07) is 8.93. The molecule has 0 bridgehead atoms. The first-order valence-corrected chi connectivity index (χ1v) is 7.71. The number of nitrogens with zero attached hydrogens (tertiary/aromatic N) is 6. The van der Waals surface area contributed by atoms with Crippen molar-refractivity contribution in [2.24, 2.45) is 0 Å². The standard InChI is InChI=1S/C16H11F4N7/c1-9-11(8-21-26(9)12-5-3-2-4-10(12)17)22-13-6-7-14-23-24-15(16(18,19)20)27(14)25-13/h2-8H,1H3,(H,22,25). The van der Waals surface area contributed by atoms with Crippen LogP contribution in [0.15, 0.2) is 42.6 Å². The summed E-state index contributed by atoms with van der Waals surface area (Å²) in [5, 5.41) is 17.5. The lowest BCUT2D eigenvalue weighted by atomic mass is 10.3. The molecule has 11 heteroatoms. The van der Waals surface area contributed by atoms with E-state index >= 15 is 0 Å². The molecule has 0 fully saturated rings. The molecule has 1 N–H and O–H groups in total. The first kappa shape index (κ1) is 16.9. The highest BCUT2D eigenvalue weighted by molar-refractivity contribution is 5.60. The molecule has 3 aromatic heterocycles. The minimum Gasteiger partial charge on any atom is -0.336 e. The van der Waals surface area contributed by atoms with E-state index in [2.05, 4.69) is 25.7 Å². The molecule has 0 unspecified atom stereocenters. The Bertz CT molecular complexity index is 1130. The molecule has 3 heterocycles. The average Bonchev–Trinajstić information content (AvgIpc) is 3.19. The molecular formula is C16H11F4N7. The smallest absolute Gasteiger partial charge is 0.336 e. The van der Waals surface area contributed by atoms with Gasteiger partial charge >= 0.3 is 6.18 Å². The van der Waals surface area contributed by atoms with Crippen molar-refractivity contribution in [3.8, 4) is 5.69 Å². The second-order valence-corrected chi connectivity index (χ2v) is 5.64. The largest absolute Gasteiger partial charge is 0.453 e. The Balaban J connectivity index is 1.70. The van der Waals surface area contributed by atoms with E-state index in [1.54, 1.807) is 25.1 Å². The van der Waals surface area contributed by atoms with Crippen molar-refractivity contribution < 1.29 is 17.6 Å². The van der Waals surface area contributed by atoms with Gasteiger partial charge in [0, 0.05) is 0 Å². The number of fused-ring (bicyclic) bond motifs is 1. The van der Waals surface area contributed by atoms with Gasteiger partial charge in [-0.15, -0.1) is 15.3 Å². The van der Waals surface area contributed by atoms with Gasteiger partial charge < -0.3 is 5.32 Å². The van der Waals surface area contributed by atoms with Crippen LogP contribution >= 0.6 is 0 Å². The average molecular weight is 377 g/mol. The van der Waals surface area contributed by atoms with Crippen LogP contribution in [0.3, 0.4) is 0 Å². The highest BCUT2D eigenvalue weighted by Crippen LogP contribution is 2.28. The Morgan fingerprint density at radius 2 is 1.81 bits per heavy atom. The van der Waals surface area contributed by atoms with Gasteiger partial charge in [0.1, 0.15) is 11.5 Å². The van der Waals surface area contributed by atoms with Crippen molar-refractivity contribution in [3.05, 3.63) is 59.9 Å². The topological polar surface area (TPSA) is 72.9 Å². The predicted molar refractivity (Wildman–Crippen MR) is 87.3 cm³/mol. The van der Waals surface area contributed by atoms with Crippen LogP contribution in [0.25, 0.3) is 11.3 Å². The number of hydrogen-bond donors (Lipinski definition) is 1. The Labute approximate surface area is 149 Å². The highest BCUT2D eigenvalue weighted by Gasteiger charge is 2.37. The monoisotopic (exact) mass is 377 g/mol. The molecule has 0 aliphatic carbocycles. The van der Waals surface area contributed by atoms with Crippen LogP contribution < -0.4 is 5.32 Å². The minimum atomic E-state index is -4.68. The molecule has 27 heavy (non-hydrogen) atoms. The maximum atomic E-state index is 14.0. The van der Waals surface area contributed by atoms with Gasteiger partial charge in [0.2, 0.25) is 0 Å². The molecule has 0 saturated heterocycles. The van der Waals surface area contributed by atoms with E-state index in [1.807, 2.05) is 0 Å². The quantitative estimate of drug-likeness (QED) is 0.553. The van der Waals surface area contributed by atoms with Gasteiger partial charge in [-0.25, -0.2) is 9.07 Å². The van der Waals surface area contributed by atoms with Gasteiger partial charge in [-0.3, -0.25) is 0 Å². The van der Waals surface area contributed by atoms with Crippen LogP contribution in [0.1, 0.15) is 11.5 Å². The lowest BCUT2D eigenvalue weighted by Gasteiger charge is -2.08. The zero-order valence-corrected chi connectivity index (χ0v) is 13.7. The summed E-state index contributed by atoms with van der Waals surface area (Å²) in [7, 11) is 0. The Morgan fingerprint density at radius 3 is 2.56 bits per heavy atom. The molecule has 0 radical (unpaired) electrons. The van der Waals surface area contributed by atoms with Gasteiger partial charge in [-0.05, 0) is 31.2 Å². The van der Waals surface area contributed by atoms with Crippen molar-refractivity contribution in [1.29, 1.82) is 0 Å². The molecule has 0 aliphatic heterocycles. The third-order valence-corrected chi connectivity index (χ3v) is 3.87. The van der Waals surface area contributed by atoms with Crippen molar-refractivity contribution in [2.75, 3.05) is 5.32 Å². The van der Waals surface area contributed by atoms with Crippen LogP contribution in [0.5, 0.6) is 0 Å². The number of benzene rings is 1. The number of hydrogen-bond acceptors (Lipinski definition) is 5. The summed E-state index contributed by atoms with van der Waals surface area (Å²) >= 11 is 0. The summed E-state index contributed by atoms with van der Waals surface area (Å²) in [5.41, 5.74) is 1.24. The predicted octanol–water partition coefficient (Wildman–Crippen LogP) is 3.52. The Morgan fingerprint density at radius 1 is 1.04 bits per heavy atom. The summed E-state index contributed by atoms with van der Waals surface area (Å²) < 4.78 is 54.9. The molecule has 1 aromatic carbocycles. The van der Waals surface area contributed by atoms with Gasteiger partial charge in [0.25, 0.3) is 5.82 Å². The van der Waals surface area contributed by atoms with E-state index < -0.39 is 17.8 Å². The zero-order chi connectivity index (χ0) is 19.2. The fourth-order valence-electron chi connectivity index (χ4n) is 2.57. The summed E-state index contributed by atoms with van der Waals surface area (Å²) in [6.45, 7) is 1.69. The molecule has 0 aliphatic rings. The molecule has 7 nitrogen and oxygen atoms in total. The minimum absolute atomic E-state index is 0.0355. The molecule has 4 rings (SSSR count). The van der Waals surface area contributed by atoms with Crippen LogP contribution in [-0.2, 0) is 6.18 Å². The maximum Gasteiger partial charge on any atom is 0.453 e. The Hall–Kier alpha value is -3.50. The van der Waals surface area contributed by atoms with Crippen molar-refractivity contribution in [2.45, 2.75) is 13.1 Å². The molecule has 0 amide bonds. The number of nitrogens with one attached hydrogen (secondary N) is 1. The van der Waals surface area contributed by atoms with Crippen molar-refractivity contribution in [3.63, 3.8) is 0 Å². The van der Waals surface area contributed by atoms with E-state index in [4.69, 9.17) is 0 Å². The maximum absolute atomic E-state index is 14.0. The third-order valence-electron chi connectivity index (χ3n) is 3.87. The van der Waals surface area contributed by atoms with Gasteiger partial charge in [-0.1, -0.05) is 12.1 Å². The molecule has 4 aromatic rings. The number of alkyl halides is 3. The van der Waals surface area contributed by atoms with E-state index in [0.29, 0.717) is 15.9 Å². The van der Waals surface area contributed by atoms with Crippen LogP contribution in [0.4, 0.5) is 29.1 Å². The molecule has 0 atom stereocenters. The first-order chi connectivity index (χ1) is 12.8. The fraction of sp³-hybridized carbons (Fsp3) is 0.125. The van der Waals surface area contributed by atoms with Crippen LogP contribution in [-0.4, -0.2) is 29.6 Å². The van der Waals surface area contributed by atoms with Crippen LogP contribution in [0.2, 0.25) is 0 Å². The van der Waals surface area contributed by atoms with Gasteiger partial charge in [0.15, 0.2) is 11.5 Å². The zero-order valence-electron chi connectivity index (χ0n) is 13.7. The fourth-order valence-corrected chi connectivity index (χ4v) is 2.57. The van der Waals surface area contributed by atoms with Crippen molar-refractivity contribution in [1.82, 2.24) is 29.6 Å². The normalized spacial score (nSPS) is 11.9. The van der Waals surface area contributed by atoms with Gasteiger partial charge in [-0.2, -0.15) is 22.8 Å². The van der Waals surface area contributed by atoms with E-state index in [-0.39, 0.29) is 17.2 Å². The second kappa shape index (κ2) is 6.04. The van der Waals surface area contributed by atoms with Gasteiger partial charge in [0.05, 0.1) is 17.6 Å². The summed E-state index contributed by atoms with van der Waals surface area (Å²) in [5.74, 6) is -1.54. The number of para-hydroxylation sites is 1. The molecular weight excluding hydrogens is 366 g/mol. The van der Waals surface area contributed by atoms with Crippen LogP contribution in [0, 0.1) is 12.7 Å². The first-order valence-electron chi connectivity index (χ1n) is 7.71. The third kappa shape index (κ3) is 2.96. The van der Waals surface area contributed by atoms with E-state index in [1.165, 1.54) is 29.1 Å². The lowest BCUT2D eigenvalue weighted by Crippen LogP contribution is -2.13. The van der Waals surface area contributed by atoms with E-state index in [0.717, 1.165) is 0 Å². The summed E-state index contributed by atoms with van der Waals surface area (Å²) in [6.07, 6.45) is -3.25. The Kier molecular flexibility index (Phi) is 3.79. The number of aromatic nitrogens is 6. The summed E-state index contributed by atoms with van der Waals surface area (Å²) in [4.78, 5) is 0. The van der Waals surface area contributed by atoms with Crippen molar-refractivity contribution >= 4 is 17.2 Å². The number of rotatable bonds is 3.